The molecule has 4 amide bonds. The van der Waals surface area contributed by atoms with Crippen LogP contribution in [0.2, 0.25) is 0 Å². The summed E-state index contributed by atoms with van der Waals surface area (Å²) in [6.07, 6.45) is 3.37. The Hall–Kier alpha value is -2.33. The van der Waals surface area contributed by atoms with Crippen molar-refractivity contribution < 1.29 is 23.9 Å². The van der Waals surface area contributed by atoms with Gasteiger partial charge in [-0.2, -0.15) is 0 Å². The number of nitrogens with one attached hydrogen (secondary N) is 1. The number of ether oxygens (including phenoxy) is 2. The van der Waals surface area contributed by atoms with E-state index in [0.717, 1.165) is 50.4 Å². The predicted molar refractivity (Wildman–Crippen MR) is 128 cm³/mol. The van der Waals surface area contributed by atoms with E-state index in [1.54, 1.807) is 0 Å². The van der Waals surface area contributed by atoms with E-state index in [-0.39, 0.29) is 43.1 Å². The number of hydrogen-bond acceptors (Lipinski definition) is 6. The number of amides is 4. The largest absolute Gasteiger partial charge is 0.454 e. The number of hydrogen-bond donors (Lipinski definition) is 1. The summed E-state index contributed by atoms with van der Waals surface area (Å²) >= 11 is 3.62. The number of halogens is 1. The van der Waals surface area contributed by atoms with Crippen molar-refractivity contribution in [3.63, 3.8) is 0 Å². The standard InChI is InChI=1S/C24H31BrN4O5/c25-17-4-5-19-18(13-17)23(31)29(24(32)26-19)7-1-2-22(30)28-10-8-27(9-11-28)14-16-3-6-20-21(12-16)34-15-33-20/h3,6,12,17-19H,1-2,4-5,7-11,13-15H2,(H,26,32). The highest BCUT2D eigenvalue weighted by molar-refractivity contribution is 9.09. The molecule has 1 saturated carbocycles. The highest BCUT2D eigenvalue weighted by atomic mass is 79.9. The number of fused-ring (bicyclic) bond motifs is 2. The second-order valence-electron chi connectivity index (χ2n) is 9.51. The molecule has 1 aliphatic carbocycles. The highest BCUT2D eigenvalue weighted by Gasteiger charge is 2.43. The summed E-state index contributed by atoms with van der Waals surface area (Å²) in [7, 11) is 0. The van der Waals surface area contributed by atoms with Gasteiger partial charge in [-0.25, -0.2) is 4.79 Å². The van der Waals surface area contributed by atoms with Crippen LogP contribution in [0.3, 0.4) is 0 Å². The number of carbonyl (C=O) groups is 3. The van der Waals surface area contributed by atoms with Gasteiger partial charge in [-0.1, -0.05) is 22.0 Å². The van der Waals surface area contributed by atoms with Gasteiger partial charge in [-0.05, 0) is 43.4 Å². The molecule has 34 heavy (non-hydrogen) atoms. The van der Waals surface area contributed by atoms with E-state index in [0.29, 0.717) is 30.8 Å². The molecule has 3 fully saturated rings. The number of benzene rings is 1. The van der Waals surface area contributed by atoms with Gasteiger partial charge in [0.2, 0.25) is 18.6 Å². The maximum Gasteiger partial charge on any atom is 0.324 e. The molecule has 0 bridgehead atoms. The smallest absolute Gasteiger partial charge is 0.324 e. The van der Waals surface area contributed by atoms with Gasteiger partial charge in [-0.15, -0.1) is 0 Å². The Balaban J connectivity index is 1.05. The number of piperazine rings is 1. The van der Waals surface area contributed by atoms with Crippen molar-refractivity contribution in [1.29, 1.82) is 0 Å². The number of alkyl halides is 1. The molecule has 184 valence electrons. The fourth-order valence-electron chi connectivity index (χ4n) is 5.31. The van der Waals surface area contributed by atoms with Gasteiger partial charge in [-0.3, -0.25) is 19.4 Å². The third-order valence-corrected chi connectivity index (χ3v) is 8.10. The number of carbonyl (C=O) groups excluding carboxylic acids is 3. The first-order chi connectivity index (χ1) is 16.5. The average molecular weight is 535 g/mol. The Morgan fingerprint density at radius 3 is 2.71 bits per heavy atom. The zero-order valence-electron chi connectivity index (χ0n) is 19.2. The van der Waals surface area contributed by atoms with Crippen molar-refractivity contribution in [3.8, 4) is 11.5 Å². The molecular formula is C24H31BrN4O5. The molecule has 4 aliphatic rings. The lowest BCUT2D eigenvalue weighted by molar-refractivity contribution is -0.137. The molecule has 1 aromatic rings. The Morgan fingerprint density at radius 2 is 1.88 bits per heavy atom. The summed E-state index contributed by atoms with van der Waals surface area (Å²) in [4.78, 5) is 43.9. The monoisotopic (exact) mass is 534 g/mol. The lowest BCUT2D eigenvalue weighted by atomic mass is 9.82. The van der Waals surface area contributed by atoms with Crippen molar-refractivity contribution in [2.45, 2.75) is 49.5 Å². The Bertz CT molecular complexity index is 951. The van der Waals surface area contributed by atoms with Crippen LogP contribution in [0.15, 0.2) is 18.2 Å². The van der Waals surface area contributed by atoms with E-state index in [2.05, 4.69) is 32.2 Å². The lowest BCUT2D eigenvalue weighted by Gasteiger charge is -2.41. The Kier molecular flexibility index (Phi) is 6.96. The maximum absolute atomic E-state index is 12.9. The topological polar surface area (TPSA) is 91.4 Å². The molecule has 3 unspecified atom stereocenters. The van der Waals surface area contributed by atoms with Crippen LogP contribution in [0.5, 0.6) is 11.5 Å². The molecule has 9 nitrogen and oxygen atoms in total. The quantitative estimate of drug-likeness (QED) is 0.563. The van der Waals surface area contributed by atoms with Crippen LogP contribution in [0.4, 0.5) is 4.79 Å². The molecule has 2 saturated heterocycles. The summed E-state index contributed by atoms with van der Waals surface area (Å²) in [6.45, 7) is 4.35. The SMILES string of the molecule is O=C(CCCN1C(=O)NC2CCC(Br)CC2C1=O)N1CCN(Cc2ccc3c(c2)OCO3)CC1. The number of imide groups is 1. The maximum atomic E-state index is 12.9. The first-order valence-electron chi connectivity index (χ1n) is 12.1. The number of nitrogens with zero attached hydrogens (tertiary/aromatic N) is 3. The zero-order valence-corrected chi connectivity index (χ0v) is 20.8. The van der Waals surface area contributed by atoms with Gasteiger partial charge in [0.15, 0.2) is 11.5 Å². The minimum Gasteiger partial charge on any atom is -0.454 e. The predicted octanol–water partition coefficient (Wildman–Crippen LogP) is 2.32. The molecule has 3 atom stereocenters. The fourth-order valence-corrected chi connectivity index (χ4v) is 5.98. The average Bonchev–Trinajstić information content (AvgIpc) is 3.30. The van der Waals surface area contributed by atoms with Crippen molar-refractivity contribution in [2.24, 2.45) is 5.92 Å². The normalized spacial score (nSPS) is 26.9. The molecule has 1 aromatic carbocycles. The van der Waals surface area contributed by atoms with Gasteiger partial charge >= 0.3 is 6.03 Å². The Labute approximate surface area is 207 Å². The van der Waals surface area contributed by atoms with E-state index in [1.165, 1.54) is 10.5 Å². The fraction of sp³-hybridized carbons (Fsp3) is 0.625. The van der Waals surface area contributed by atoms with E-state index in [9.17, 15) is 14.4 Å². The minimum atomic E-state index is -0.316. The second-order valence-corrected chi connectivity index (χ2v) is 10.8. The highest BCUT2D eigenvalue weighted by Crippen LogP contribution is 2.34. The number of urea groups is 1. The molecule has 0 aromatic heterocycles. The molecule has 0 radical (unpaired) electrons. The Morgan fingerprint density at radius 1 is 1.09 bits per heavy atom. The van der Waals surface area contributed by atoms with E-state index < -0.39 is 0 Å². The zero-order chi connectivity index (χ0) is 23.7. The van der Waals surface area contributed by atoms with E-state index in [4.69, 9.17) is 9.47 Å². The van der Waals surface area contributed by atoms with Crippen LogP contribution in [0, 0.1) is 5.92 Å². The summed E-state index contributed by atoms with van der Waals surface area (Å²) in [5.74, 6) is 1.41. The minimum absolute atomic E-state index is 0.0550. The van der Waals surface area contributed by atoms with Gasteiger partial charge in [0.25, 0.3) is 0 Å². The third kappa shape index (κ3) is 5.02. The van der Waals surface area contributed by atoms with Gasteiger partial charge in [0.1, 0.15) is 0 Å². The first kappa shape index (κ1) is 23.4. The van der Waals surface area contributed by atoms with Crippen LogP contribution in [0.1, 0.15) is 37.7 Å². The molecular weight excluding hydrogens is 504 g/mol. The van der Waals surface area contributed by atoms with Crippen LogP contribution in [-0.2, 0) is 16.1 Å². The molecule has 5 rings (SSSR count). The van der Waals surface area contributed by atoms with Gasteiger partial charge in [0, 0.05) is 56.6 Å². The molecule has 1 N–H and O–H groups in total. The third-order valence-electron chi connectivity index (χ3n) is 7.26. The molecule has 3 heterocycles. The summed E-state index contributed by atoms with van der Waals surface area (Å²) < 4.78 is 10.8. The van der Waals surface area contributed by atoms with E-state index in [1.807, 2.05) is 17.0 Å². The second kappa shape index (κ2) is 10.1. The van der Waals surface area contributed by atoms with Gasteiger partial charge in [0.05, 0.1) is 5.92 Å². The van der Waals surface area contributed by atoms with Crippen LogP contribution >= 0.6 is 15.9 Å². The van der Waals surface area contributed by atoms with Crippen LogP contribution in [-0.4, -0.2) is 82.9 Å². The van der Waals surface area contributed by atoms with Crippen molar-refractivity contribution in [3.05, 3.63) is 23.8 Å². The first-order valence-corrected chi connectivity index (χ1v) is 13.0. The van der Waals surface area contributed by atoms with Crippen LogP contribution in [0.25, 0.3) is 0 Å². The lowest BCUT2D eigenvalue weighted by Crippen LogP contribution is -2.61. The van der Waals surface area contributed by atoms with Crippen molar-refractivity contribution in [2.75, 3.05) is 39.5 Å². The summed E-state index contributed by atoms with van der Waals surface area (Å²) in [5, 5.41) is 2.99. The molecule has 10 heteroatoms. The van der Waals surface area contributed by atoms with Crippen LogP contribution < -0.4 is 14.8 Å². The van der Waals surface area contributed by atoms with Gasteiger partial charge < -0.3 is 19.7 Å². The van der Waals surface area contributed by atoms with Crippen molar-refractivity contribution in [1.82, 2.24) is 20.0 Å². The van der Waals surface area contributed by atoms with Crippen molar-refractivity contribution >= 4 is 33.8 Å². The summed E-state index contributed by atoms with van der Waals surface area (Å²) in [6, 6.07) is 5.64. The molecule has 0 spiro atoms. The molecule has 3 aliphatic heterocycles. The van der Waals surface area contributed by atoms with E-state index >= 15 is 0 Å². The summed E-state index contributed by atoms with van der Waals surface area (Å²) in [5.41, 5.74) is 1.17. The number of rotatable bonds is 6.